The van der Waals surface area contributed by atoms with Gasteiger partial charge in [-0.25, -0.2) is 4.79 Å². The zero-order valence-corrected chi connectivity index (χ0v) is 12.9. The van der Waals surface area contributed by atoms with Gasteiger partial charge >= 0.3 is 12.0 Å². The highest BCUT2D eigenvalue weighted by molar-refractivity contribution is 5.80. The molecule has 1 unspecified atom stereocenters. The van der Waals surface area contributed by atoms with E-state index in [1.807, 2.05) is 6.92 Å². The summed E-state index contributed by atoms with van der Waals surface area (Å²) < 4.78 is 0. The van der Waals surface area contributed by atoms with Crippen LogP contribution in [0.5, 0.6) is 0 Å². The van der Waals surface area contributed by atoms with E-state index in [0.29, 0.717) is 18.4 Å². The topological polar surface area (TPSA) is 69.6 Å². The molecule has 0 aromatic carbocycles. The first-order valence-corrected chi connectivity index (χ1v) is 7.65. The van der Waals surface area contributed by atoms with Crippen LogP contribution in [0.4, 0.5) is 4.79 Å². The van der Waals surface area contributed by atoms with Gasteiger partial charge in [0.15, 0.2) is 0 Å². The van der Waals surface area contributed by atoms with Crippen molar-refractivity contribution < 1.29 is 14.7 Å². The number of hydrogen-bond acceptors (Lipinski definition) is 2. The molecule has 20 heavy (non-hydrogen) atoms. The number of carbonyl (C=O) groups excluding carboxylic acids is 1. The molecule has 116 valence electrons. The number of amides is 2. The number of rotatable bonds is 9. The second kappa shape index (κ2) is 8.12. The summed E-state index contributed by atoms with van der Waals surface area (Å²) in [7, 11) is 0. The molecule has 1 fully saturated rings. The third-order valence-corrected chi connectivity index (χ3v) is 3.58. The first-order chi connectivity index (χ1) is 9.38. The molecule has 5 heteroatoms. The zero-order chi connectivity index (χ0) is 15.1. The molecule has 5 nitrogen and oxygen atoms in total. The summed E-state index contributed by atoms with van der Waals surface area (Å²) in [5.41, 5.74) is 0. The summed E-state index contributed by atoms with van der Waals surface area (Å²) in [6.07, 6.45) is 5.39. The average molecular weight is 284 g/mol. The Morgan fingerprint density at radius 2 is 1.90 bits per heavy atom. The predicted molar refractivity (Wildman–Crippen MR) is 78.6 cm³/mol. The largest absolute Gasteiger partial charge is 0.480 e. The third-order valence-electron chi connectivity index (χ3n) is 3.58. The van der Waals surface area contributed by atoms with Crippen LogP contribution in [0.1, 0.15) is 52.9 Å². The summed E-state index contributed by atoms with van der Waals surface area (Å²) in [5, 5.41) is 11.8. The van der Waals surface area contributed by atoms with E-state index >= 15 is 0 Å². The van der Waals surface area contributed by atoms with Crippen molar-refractivity contribution in [3.05, 3.63) is 0 Å². The highest BCUT2D eigenvalue weighted by atomic mass is 16.4. The Bertz CT molecular complexity index is 327. The second-order valence-electron chi connectivity index (χ2n) is 6.39. The summed E-state index contributed by atoms with van der Waals surface area (Å²) in [6.45, 7) is 6.72. The lowest BCUT2D eigenvalue weighted by Crippen LogP contribution is -2.46. The van der Waals surface area contributed by atoms with Gasteiger partial charge in [0.2, 0.25) is 0 Å². The van der Waals surface area contributed by atoms with Crippen molar-refractivity contribution in [2.24, 2.45) is 11.8 Å². The van der Waals surface area contributed by atoms with Crippen LogP contribution < -0.4 is 5.32 Å². The van der Waals surface area contributed by atoms with Crippen LogP contribution >= 0.6 is 0 Å². The van der Waals surface area contributed by atoms with Crippen LogP contribution in [-0.4, -0.2) is 41.1 Å². The third kappa shape index (κ3) is 7.36. The van der Waals surface area contributed by atoms with E-state index in [1.54, 1.807) is 0 Å². The minimum absolute atomic E-state index is 0.0942. The van der Waals surface area contributed by atoms with Crippen molar-refractivity contribution in [1.29, 1.82) is 0 Å². The van der Waals surface area contributed by atoms with Crippen molar-refractivity contribution in [2.75, 3.05) is 13.1 Å². The van der Waals surface area contributed by atoms with Gasteiger partial charge in [0.25, 0.3) is 0 Å². The Labute approximate surface area is 121 Å². The Balaban J connectivity index is 2.33. The van der Waals surface area contributed by atoms with Crippen molar-refractivity contribution in [1.82, 2.24) is 10.2 Å². The minimum Gasteiger partial charge on any atom is -0.480 e. The van der Waals surface area contributed by atoms with Crippen LogP contribution in [0.3, 0.4) is 0 Å². The van der Waals surface area contributed by atoms with Gasteiger partial charge in [-0.1, -0.05) is 26.7 Å². The molecular weight excluding hydrogens is 256 g/mol. The second-order valence-corrected chi connectivity index (χ2v) is 6.39. The molecule has 0 saturated heterocycles. The highest BCUT2D eigenvalue weighted by Gasteiger charge is 2.28. The van der Waals surface area contributed by atoms with Crippen LogP contribution in [0.15, 0.2) is 0 Å². The molecule has 0 aliphatic heterocycles. The van der Waals surface area contributed by atoms with E-state index in [1.165, 1.54) is 4.90 Å². The molecule has 2 amide bonds. The molecule has 0 aromatic rings. The lowest BCUT2D eigenvalue weighted by molar-refractivity contribution is -0.137. The molecular formula is C15H28N2O3. The van der Waals surface area contributed by atoms with E-state index in [9.17, 15) is 9.59 Å². The van der Waals surface area contributed by atoms with Gasteiger partial charge in [-0.15, -0.1) is 0 Å². The van der Waals surface area contributed by atoms with Gasteiger partial charge < -0.3 is 15.3 Å². The maximum absolute atomic E-state index is 12.1. The Morgan fingerprint density at radius 3 is 2.40 bits per heavy atom. The van der Waals surface area contributed by atoms with Gasteiger partial charge in [-0.2, -0.15) is 0 Å². The van der Waals surface area contributed by atoms with Gasteiger partial charge in [0, 0.05) is 12.6 Å². The molecule has 1 aliphatic rings. The number of urea groups is 1. The molecule has 0 bridgehead atoms. The van der Waals surface area contributed by atoms with E-state index in [0.717, 1.165) is 32.1 Å². The average Bonchev–Trinajstić information content (AvgIpc) is 3.10. The number of carboxylic acid groups (broad SMARTS) is 1. The van der Waals surface area contributed by atoms with Crippen molar-refractivity contribution in [2.45, 2.75) is 58.9 Å². The number of nitrogens with zero attached hydrogens (tertiary/aromatic N) is 1. The standard InChI is InChI=1S/C15H28N2O3/c1-11(2)5-4-6-12(3)16-15(20)17(10-14(18)19)9-13-7-8-13/h11-13H,4-10H2,1-3H3,(H,16,20)(H,18,19). The maximum atomic E-state index is 12.1. The fourth-order valence-electron chi connectivity index (χ4n) is 2.20. The molecule has 2 N–H and O–H groups in total. The zero-order valence-electron chi connectivity index (χ0n) is 12.9. The van der Waals surface area contributed by atoms with Gasteiger partial charge in [0.05, 0.1) is 0 Å². The van der Waals surface area contributed by atoms with E-state index < -0.39 is 5.97 Å². The summed E-state index contributed by atoms with van der Waals surface area (Å²) >= 11 is 0. The monoisotopic (exact) mass is 284 g/mol. The SMILES string of the molecule is CC(C)CCCC(C)NC(=O)N(CC(=O)O)CC1CC1. The highest BCUT2D eigenvalue weighted by Crippen LogP contribution is 2.29. The van der Waals surface area contributed by atoms with Crippen LogP contribution in [-0.2, 0) is 4.79 Å². The fraction of sp³-hybridized carbons (Fsp3) is 0.867. The van der Waals surface area contributed by atoms with E-state index in [-0.39, 0.29) is 18.6 Å². The van der Waals surface area contributed by atoms with Gasteiger partial charge in [-0.3, -0.25) is 4.79 Å². The molecule has 1 rings (SSSR count). The fourth-order valence-corrected chi connectivity index (χ4v) is 2.20. The van der Waals surface area contributed by atoms with Crippen LogP contribution in [0.2, 0.25) is 0 Å². The quantitative estimate of drug-likeness (QED) is 0.684. The molecule has 0 spiro atoms. The lowest BCUT2D eigenvalue weighted by Gasteiger charge is -2.24. The summed E-state index contributed by atoms with van der Waals surface area (Å²) in [6, 6.07) is -0.145. The van der Waals surface area contributed by atoms with Gasteiger partial charge in [0.1, 0.15) is 6.54 Å². The molecule has 1 aliphatic carbocycles. The minimum atomic E-state index is -0.951. The summed E-state index contributed by atoms with van der Waals surface area (Å²) in [5.74, 6) is 0.223. The van der Waals surface area contributed by atoms with E-state index in [4.69, 9.17) is 5.11 Å². The Hall–Kier alpha value is -1.26. The van der Waals surface area contributed by atoms with Crippen molar-refractivity contribution in [3.8, 4) is 0 Å². The van der Waals surface area contributed by atoms with Crippen molar-refractivity contribution in [3.63, 3.8) is 0 Å². The molecule has 0 heterocycles. The molecule has 1 saturated carbocycles. The number of hydrogen-bond donors (Lipinski definition) is 2. The number of nitrogens with one attached hydrogen (secondary N) is 1. The maximum Gasteiger partial charge on any atom is 0.323 e. The van der Waals surface area contributed by atoms with Crippen molar-refractivity contribution >= 4 is 12.0 Å². The summed E-state index contributed by atoms with van der Waals surface area (Å²) in [4.78, 5) is 24.4. The van der Waals surface area contributed by atoms with E-state index in [2.05, 4.69) is 19.2 Å². The Kier molecular flexibility index (Phi) is 6.82. The normalized spacial score (nSPS) is 16.0. The Morgan fingerprint density at radius 1 is 1.25 bits per heavy atom. The first kappa shape index (κ1) is 16.8. The number of carboxylic acids is 1. The molecule has 0 radical (unpaired) electrons. The van der Waals surface area contributed by atoms with Crippen LogP contribution in [0.25, 0.3) is 0 Å². The smallest absolute Gasteiger partial charge is 0.323 e. The molecule has 0 aromatic heterocycles. The first-order valence-electron chi connectivity index (χ1n) is 7.65. The predicted octanol–water partition coefficient (Wildman–Crippen LogP) is 2.71. The number of aliphatic carboxylic acids is 1. The lowest BCUT2D eigenvalue weighted by atomic mass is 10.0. The van der Waals surface area contributed by atoms with Crippen LogP contribution in [0, 0.1) is 11.8 Å². The molecule has 1 atom stereocenters. The van der Waals surface area contributed by atoms with Gasteiger partial charge in [-0.05, 0) is 38.0 Å². The number of carbonyl (C=O) groups is 2.